The van der Waals surface area contributed by atoms with Crippen molar-refractivity contribution in [2.75, 3.05) is 27.9 Å². The van der Waals surface area contributed by atoms with E-state index in [9.17, 15) is 14.3 Å². The van der Waals surface area contributed by atoms with E-state index in [1.807, 2.05) is 11.4 Å². The van der Waals surface area contributed by atoms with Gasteiger partial charge in [0.1, 0.15) is 17.7 Å². The van der Waals surface area contributed by atoms with Crippen molar-refractivity contribution in [3.05, 3.63) is 71.0 Å². The lowest BCUT2D eigenvalue weighted by atomic mass is 10.1. The molecular formula is C25H23FN2O5S. The first-order valence-electron chi connectivity index (χ1n) is 10.4. The maximum atomic E-state index is 14.1. The molecule has 1 atom stereocenters. The molecule has 0 aliphatic heterocycles. The number of carbonyl (C=O) groups excluding carboxylic acids is 1. The molecule has 0 fully saturated rings. The summed E-state index contributed by atoms with van der Waals surface area (Å²) in [7, 11) is 4.51. The number of thiophene rings is 1. The van der Waals surface area contributed by atoms with Crippen molar-refractivity contribution < 1.29 is 28.5 Å². The van der Waals surface area contributed by atoms with Crippen molar-refractivity contribution in [1.29, 1.82) is 0 Å². The van der Waals surface area contributed by atoms with Crippen LogP contribution >= 0.6 is 11.3 Å². The first-order valence-corrected chi connectivity index (χ1v) is 11.2. The van der Waals surface area contributed by atoms with Crippen LogP contribution in [-0.4, -0.2) is 43.9 Å². The van der Waals surface area contributed by atoms with Crippen LogP contribution < -0.4 is 19.5 Å². The van der Waals surface area contributed by atoms with Crippen LogP contribution in [0, 0.1) is 5.82 Å². The number of hydrogen-bond acceptors (Lipinski definition) is 7. The van der Waals surface area contributed by atoms with Crippen LogP contribution in [0.5, 0.6) is 17.2 Å². The van der Waals surface area contributed by atoms with Crippen molar-refractivity contribution in [2.24, 2.45) is 0 Å². The fourth-order valence-corrected chi connectivity index (χ4v) is 4.52. The number of amides is 1. The minimum atomic E-state index is -1.10. The first-order chi connectivity index (χ1) is 16.4. The summed E-state index contributed by atoms with van der Waals surface area (Å²) in [6.45, 7) is -0.0776. The van der Waals surface area contributed by atoms with Gasteiger partial charge in [0.05, 0.1) is 37.4 Å². The van der Waals surface area contributed by atoms with Crippen LogP contribution in [0.15, 0.2) is 53.9 Å². The molecule has 34 heavy (non-hydrogen) atoms. The zero-order valence-electron chi connectivity index (χ0n) is 18.8. The minimum Gasteiger partial charge on any atom is -0.497 e. The van der Waals surface area contributed by atoms with Crippen LogP contribution in [0.3, 0.4) is 0 Å². The van der Waals surface area contributed by atoms with Gasteiger partial charge in [0, 0.05) is 40.6 Å². The highest BCUT2D eigenvalue weighted by Crippen LogP contribution is 2.36. The molecule has 4 aromatic rings. The summed E-state index contributed by atoms with van der Waals surface area (Å²) in [5.41, 5.74) is 1.95. The van der Waals surface area contributed by atoms with Gasteiger partial charge >= 0.3 is 0 Å². The van der Waals surface area contributed by atoms with E-state index in [1.165, 1.54) is 38.7 Å². The normalized spacial score (nSPS) is 11.8. The third-order valence-electron chi connectivity index (χ3n) is 5.33. The van der Waals surface area contributed by atoms with E-state index < -0.39 is 6.10 Å². The number of aromatic nitrogens is 1. The topological polar surface area (TPSA) is 89.9 Å². The molecule has 1 amide bonds. The number of methoxy groups -OCH3 is 3. The standard InChI is InChI=1S/C25H23FN2O5S/c1-31-15-10-19(17-13-34-24-16(17)5-4-6-18(24)26)28-20(11-15)21(29)12-27-25(30)14-7-8-22(32-2)23(9-14)33-3/h4-11,13,21,29H,12H2,1-3H3,(H,27,30). The van der Waals surface area contributed by atoms with Gasteiger partial charge in [-0.2, -0.15) is 0 Å². The lowest BCUT2D eigenvalue weighted by Gasteiger charge is -2.15. The predicted molar refractivity (Wildman–Crippen MR) is 128 cm³/mol. The number of hydrogen-bond donors (Lipinski definition) is 2. The molecule has 0 saturated heterocycles. The van der Waals surface area contributed by atoms with E-state index in [0.717, 1.165) is 10.9 Å². The Labute approximate surface area is 199 Å². The molecule has 0 bridgehead atoms. The van der Waals surface area contributed by atoms with E-state index in [2.05, 4.69) is 10.3 Å². The fourth-order valence-electron chi connectivity index (χ4n) is 3.55. The zero-order valence-corrected chi connectivity index (χ0v) is 19.6. The van der Waals surface area contributed by atoms with Gasteiger partial charge in [0.25, 0.3) is 5.91 Å². The highest BCUT2D eigenvalue weighted by Gasteiger charge is 2.18. The largest absolute Gasteiger partial charge is 0.497 e. The number of ether oxygens (including phenoxy) is 3. The number of aliphatic hydroxyl groups is 1. The average molecular weight is 483 g/mol. The van der Waals surface area contributed by atoms with Crippen LogP contribution in [0.25, 0.3) is 21.3 Å². The van der Waals surface area contributed by atoms with Gasteiger partial charge in [-0.15, -0.1) is 11.3 Å². The van der Waals surface area contributed by atoms with Crippen LogP contribution in [0.2, 0.25) is 0 Å². The molecule has 0 spiro atoms. The Bertz CT molecular complexity index is 1340. The summed E-state index contributed by atoms with van der Waals surface area (Å²) >= 11 is 1.29. The van der Waals surface area contributed by atoms with Gasteiger partial charge < -0.3 is 24.6 Å². The molecule has 4 rings (SSSR count). The van der Waals surface area contributed by atoms with E-state index in [0.29, 0.717) is 38.9 Å². The molecule has 0 aliphatic rings. The second kappa shape index (κ2) is 10.1. The molecule has 9 heteroatoms. The molecule has 0 radical (unpaired) electrons. The molecule has 2 aromatic heterocycles. The van der Waals surface area contributed by atoms with Crippen molar-refractivity contribution >= 4 is 27.3 Å². The van der Waals surface area contributed by atoms with Gasteiger partial charge in [-0.1, -0.05) is 12.1 Å². The molecular weight excluding hydrogens is 459 g/mol. The third kappa shape index (κ3) is 4.66. The van der Waals surface area contributed by atoms with Gasteiger partial charge in [0.2, 0.25) is 0 Å². The lowest BCUT2D eigenvalue weighted by molar-refractivity contribution is 0.0913. The quantitative estimate of drug-likeness (QED) is 0.382. The number of pyridine rings is 1. The molecule has 176 valence electrons. The van der Waals surface area contributed by atoms with Gasteiger partial charge in [-0.3, -0.25) is 4.79 Å². The van der Waals surface area contributed by atoms with Gasteiger partial charge in [0.15, 0.2) is 11.5 Å². The summed E-state index contributed by atoms with van der Waals surface area (Å²) < 4.78 is 30.5. The number of fused-ring (bicyclic) bond motifs is 1. The molecule has 2 N–H and O–H groups in total. The summed E-state index contributed by atoms with van der Waals surface area (Å²) in [4.78, 5) is 17.2. The molecule has 0 saturated carbocycles. The Morgan fingerprint density at radius 3 is 2.62 bits per heavy atom. The Morgan fingerprint density at radius 1 is 1.09 bits per heavy atom. The summed E-state index contributed by atoms with van der Waals surface area (Å²) in [6.07, 6.45) is -1.10. The minimum absolute atomic E-state index is 0.0776. The first kappa shape index (κ1) is 23.5. The van der Waals surface area contributed by atoms with E-state index in [-0.39, 0.29) is 18.3 Å². The average Bonchev–Trinajstić information content (AvgIpc) is 3.31. The smallest absolute Gasteiger partial charge is 0.251 e. The Morgan fingerprint density at radius 2 is 1.88 bits per heavy atom. The number of rotatable bonds is 8. The molecule has 1 unspecified atom stereocenters. The predicted octanol–water partition coefficient (Wildman–Crippen LogP) is 4.59. The lowest BCUT2D eigenvalue weighted by Crippen LogP contribution is -2.28. The molecule has 2 heterocycles. The van der Waals surface area contributed by atoms with Gasteiger partial charge in [-0.25, -0.2) is 9.37 Å². The van der Waals surface area contributed by atoms with Crippen molar-refractivity contribution in [3.8, 4) is 28.5 Å². The van der Waals surface area contributed by atoms with E-state index >= 15 is 0 Å². The van der Waals surface area contributed by atoms with E-state index in [1.54, 1.807) is 36.4 Å². The van der Waals surface area contributed by atoms with Gasteiger partial charge in [-0.05, 0) is 24.3 Å². The van der Waals surface area contributed by atoms with Crippen molar-refractivity contribution in [2.45, 2.75) is 6.10 Å². The Balaban J connectivity index is 1.56. The van der Waals surface area contributed by atoms with Crippen molar-refractivity contribution in [3.63, 3.8) is 0 Å². The summed E-state index contributed by atoms with van der Waals surface area (Å²) in [6, 6.07) is 13.0. The third-order valence-corrected chi connectivity index (χ3v) is 6.33. The molecule has 2 aromatic carbocycles. The maximum absolute atomic E-state index is 14.1. The number of aliphatic hydroxyl groups excluding tert-OH is 1. The highest BCUT2D eigenvalue weighted by atomic mass is 32.1. The highest BCUT2D eigenvalue weighted by molar-refractivity contribution is 7.17. The number of benzene rings is 2. The number of nitrogens with zero attached hydrogens (tertiary/aromatic N) is 1. The fraction of sp³-hybridized carbons (Fsp3) is 0.200. The maximum Gasteiger partial charge on any atom is 0.251 e. The number of nitrogens with one attached hydrogen (secondary N) is 1. The van der Waals surface area contributed by atoms with Crippen LogP contribution in [-0.2, 0) is 0 Å². The van der Waals surface area contributed by atoms with E-state index in [4.69, 9.17) is 14.2 Å². The Kier molecular flexibility index (Phi) is 6.95. The van der Waals surface area contributed by atoms with Crippen molar-refractivity contribution in [1.82, 2.24) is 10.3 Å². The number of halogens is 1. The van der Waals surface area contributed by atoms with Crippen LogP contribution in [0.4, 0.5) is 4.39 Å². The Hall–Kier alpha value is -3.69. The summed E-state index contributed by atoms with van der Waals surface area (Å²) in [5.74, 6) is 0.737. The zero-order chi connectivity index (χ0) is 24.2. The second-order valence-corrected chi connectivity index (χ2v) is 8.26. The monoisotopic (exact) mass is 482 g/mol. The SMILES string of the molecule is COc1cc(-c2csc3c(F)cccc23)nc(C(O)CNC(=O)c2ccc(OC)c(OC)c2)c1. The summed E-state index contributed by atoms with van der Waals surface area (Å²) in [5, 5.41) is 16.0. The number of carbonyl (C=O) groups is 1. The molecule has 0 aliphatic carbocycles. The second-order valence-electron chi connectivity index (χ2n) is 7.38. The van der Waals surface area contributed by atoms with Crippen LogP contribution in [0.1, 0.15) is 22.2 Å². The molecule has 7 nitrogen and oxygen atoms in total.